The molecule has 0 aliphatic carbocycles. The maximum absolute atomic E-state index is 11.5. The van der Waals surface area contributed by atoms with E-state index in [1.807, 2.05) is 25.4 Å². The third-order valence-corrected chi connectivity index (χ3v) is 2.40. The number of aromatic nitrogens is 1. The topological polar surface area (TPSA) is 62.1 Å². The van der Waals surface area contributed by atoms with E-state index in [-0.39, 0.29) is 5.91 Å². The van der Waals surface area contributed by atoms with E-state index in [0.29, 0.717) is 13.0 Å². The van der Waals surface area contributed by atoms with Crippen molar-refractivity contribution in [2.75, 3.05) is 20.1 Å². The molecular weight excluding hydrogens is 190 g/mol. The maximum atomic E-state index is 11.5. The normalized spacial score (nSPS) is 10.3. The van der Waals surface area contributed by atoms with E-state index in [9.17, 15) is 4.79 Å². The highest BCUT2D eigenvalue weighted by atomic mass is 16.2. The van der Waals surface area contributed by atoms with Gasteiger partial charge >= 0.3 is 0 Å². The van der Waals surface area contributed by atoms with Crippen LogP contribution in [0.3, 0.4) is 0 Å². The largest absolute Gasteiger partial charge is 0.365 e. The lowest BCUT2D eigenvalue weighted by molar-refractivity contribution is -0.129. The fraction of sp³-hybridized carbons (Fsp3) is 0.545. The Morgan fingerprint density at radius 2 is 2.40 bits per heavy atom. The van der Waals surface area contributed by atoms with E-state index in [2.05, 4.69) is 4.98 Å². The van der Waals surface area contributed by atoms with E-state index in [4.69, 9.17) is 5.73 Å². The molecule has 0 aromatic carbocycles. The number of nitrogens with one attached hydrogen (secondary N) is 1. The number of H-pyrrole nitrogens is 1. The van der Waals surface area contributed by atoms with Crippen LogP contribution >= 0.6 is 0 Å². The Kier molecular flexibility index (Phi) is 4.90. The summed E-state index contributed by atoms with van der Waals surface area (Å²) in [4.78, 5) is 16.4. The van der Waals surface area contributed by atoms with Gasteiger partial charge in [-0.1, -0.05) is 0 Å². The van der Waals surface area contributed by atoms with E-state index in [1.54, 1.807) is 4.90 Å². The monoisotopic (exact) mass is 209 g/mol. The lowest BCUT2D eigenvalue weighted by Crippen LogP contribution is -2.29. The number of nitrogens with two attached hydrogens (primary N) is 1. The predicted octanol–water partition coefficient (Wildman–Crippen LogP) is 0.755. The van der Waals surface area contributed by atoms with Crippen LogP contribution in [0, 0.1) is 0 Å². The van der Waals surface area contributed by atoms with Crippen molar-refractivity contribution in [1.29, 1.82) is 0 Å². The molecule has 1 amide bonds. The van der Waals surface area contributed by atoms with Crippen LogP contribution < -0.4 is 5.73 Å². The van der Waals surface area contributed by atoms with E-state index >= 15 is 0 Å². The number of carbonyl (C=O) groups excluding carboxylic acids is 1. The summed E-state index contributed by atoms with van der Waals surface area (Å²) in [6.07, 6.45) is 4.09. The van der Waals surface area contributed by atoms with Gasteiger partial charge in [-0.25, -0.2) is 0 Å². The van der Waals surface area contributed by atoms with Crippen LogP contribution in [0.15, 0.2) is 18.3 Å². The molecule has 4 nitrogen and oxygen atoms in total. The first-order valence-electron chi connectivity index (χ1n) is 5.30. The van der Waals surface area contributed by atoms with Crippen molar-refractivity contribution in [2.24, 2.45) is 5.73 Å². The number of likely N-dealkylation sites (N-methyl/N-ethyl adjacent to an activating group) is 1. The molecule has 1 rings (SSSR count). The van der Waals surface area contributed by atoms with Gasteiger partial charge < -0.3 is 15.6 Å². The molecule has 3 N–H and O–H groups in total. The Morgan fingerprint density at radius 1 is 1.60 bits per heavy atom. The summed E-state index contributed by atoms with van der Waals surface area (Å²) in [5, 5.41) is 0. The summed E-state index contributed by atoms with van der Waals surface area (Å²) in [6.45, 7) is 1.33. The average molecular weight is 209 g/mol. The summed E-state index contributed by atoms with van der Waals surface area (Å²) in [6, 6.07) is 3.99. The molecule has 0 spiro atoms. The maximum Gasteiger partial charge on any atom is 0.222 e. The van der Waals surface area contributed by atoms with Crippen molar-refractivity contribution in [2.45, 2.75) is 19.3 Å². The molecule has 0 saturated heterocycles. The molecule has 4 heteroatoms. The van der Waals surface area contributed by atoms with Crippen molar-refractivity contribution in [3.05, 3.63) is 24.0 Å². The fourth-order valence-electron chi connectivity index (χ4n) is 1.38. The number of hydrogen-bond acceptors (Lipinski definition) is 2. The van der Waals surface area contributed by atoms with E-state index < -0.39 is 0 Å². The zero-order valence-corrected chi connectivity index (χ0v) is 9.20. The number of carbonyl (C=O) groups is 1. The number of rotatable bonds is 6. The van der Waals surface area contributed by atoms with Gasteiger partial charge in [0.05, 0.1) is 0 Å². The van der Waals surface area contributed by atoms with Gasteiger partial charge in [0.1, 0.15) is 0 Å². The van der Waals surface area contributed by atoms with Crippen LogP contribution in [-0.2, 0) is 11.2 Å². The lowest BCUT2D eigenvalue weighted by Gasteiger charge is -2.16. The van der Waals surface area contributed by atoms with Crippen LogP contribution in [0.1, 0.15) is 18.5 Å². The van der Waals surface area contributed by atoms with Crippen molar-refractivity contribution in [3.8, 4) is 0 Å². The Morgan fingerprint density at radius 3 is 3.00 bits per heavy atom. The Bertz CT molecular complexity index is 282. The molecule has 0 fully saturated rings. The zero-order valence-electron chi connectivity index (χ0n) is 9.20. The second-order valence-electron chi connectivity index (χ2n) is 3.65. The second kappa shape index (κ2) is 6.24. The Labute approximate surface area is 90.5 Å². The summed E-state index contributed by atoms with van der Waals surface area (Å²) in [7, 11) is 1.84. The van der Waals surface area contributed by atoms with E-state index in [1.165, 1.54) is 0 Å². The minimum atomic E-state index is 0.173. The Balaban J connectivity index is 2.23. The molecule has 1 aromatic rings. The first kappa shape index (κ1) is 11.8. The van der Waals surface area contributed by atoms with Crippen LogP contribution in [0.2, 0.25) is 0 Å². The highest BCUT2D eigenvalue weighted by Gasteiger charge is 2.07. The first-order valence-corrected chi connectivity index (χ1v) is 5.30. The Hall–Kier alpha value is -1.29. The SMILES string of the molecule is CN(CCc1ccc[nH]1)C(=O)CCCN. The molecule has 1 aromatic heterocycles. The van der Waals surface area contributed by atoms with Gasteiger partial charge in [-0.3, -0.25) is 4.79 Å². The van der Waals surface area contributed by atoms with Gasteiger partial charge in [-0.15, -0.1) is 0 Å². The molecule has 0 aliphatic heterocycles. The molecule has 0 saturated carbocycles. The number of amides is 1. The van der Waals surface area contributed by atoms with Gasteiger partial charge in [0.25, 0.3) is 0 Å². The molecule has 0 unspecified atom stereocenters. The van der Waals surface area contributed by atoms with Crippen LogP contribution in [0.25, 0.3) is 0 Å². The zero-order chi connectivity index (χ0) is 11.1. The standard InChI is InChI=1S/C11H19N3O/c1-14(11(15)5-2-7-12)9-6-10-4-3-8-13-10/h3-4,8,13H,2,5-7,9,12H2,1H3. The van der Waals surface area contributed by atoms with Crippen molar-refractivity contribution in [3.63, 3.8) is 0 Å². The minimum absolute atomic E-state index is 0.173. The molecule has 0 atom stereocenters. The van der Waals surface area contributed by atoms with Gasteiger partial charge in [0, 0.05) is 38.3 Å². The molecule has 0 aliphatic rings. The van der Waals surface area contributed by atoms with Crippen LogP contribution in [0.4, 0.5) is 0 Å². The molecule has 0 radical (unpaired) electrons. The minimum Gasteiger partial charge on any atom is -0.365 e. The van der Waals surface area contributed by atoms with Gasteiger partial charge in [-0.2, -0.15) is 0 Å². The third-order valence-electron chi connectivity index (χ3n) is 2.40. The van der Waals surface area contributed by atoms with Gasteiger partial charge in [0.2, 0.25) is 5.91 Å². The van der Waals surface area contributed by atoms with Gasteiger partial charge in [0.15, 0.2) is 0 Å². The van der Waals surface area contributed by atoms with Crippen molar-refractivity contribution < 1.29 is 4.79 Å². The van der Waals surface area contributed by atoms with Crippen molar-refractivity contribution in [1.82, 2.24) is 9.88 Å². The molecule has 84 valence electrons. The molecule has 15 heavy (non-hydrogen) atoms. The number of aromatic amines is 1. The smallest absolute Gasteiger partial charge is 0.222 e. The summed E-state index contributed by atoms with van der Waals surface area (Å²) in [5.41, 5.74) is 6.51. The molecule has 0 bridgehead atoms. The second-order valence-corrected chi connectivity index (χ2v) is 3.65. The third kappa shape index (κ3) is 4.16. The average Bonchev–Trinajstić information content (AvgIpc) is 2.75. The summed E-state index contributed by atoms with van der Waals surface area (Å²) >= 11 is 0. The number of hydrogen-bond donors (Lipinski definition) is 2. The van der Waals surface area contributed by atoms with E-state index in [0.717, 1.165) is 25.1 Å². The number of nitrogens with zero attached hydrogens (tertiary/aromatic N) is 1. The molecule has 1 heterocycles. The summed E-state index contributed by atoms with van der Waals surface area (Å²) in [5.74, 6) is 0.173. The summed E-state index contributed by atoms with van der Waals surface area (Å²) < 4.78 is 0. The lowest BCUT2D eigenvalue weighted by atomic mass is 10.2. The van der Waals surface area contributed by atoms with Crippen LogP contribution in [0.5, 0.6) is 0 Å². The first-order chi connectivity index (χ1) is 7.24. The predicted molar refractivity (Wildman–Crippen MR) is 60.4 cm³/mol. The highest BCUT2D eigenvalue weighted by molar-refractivity contribution is 5.75. The van der Waals surface area contributed by atoms with Crippen molar-refractivity contribution >= 4 is 5.91 Å². The molecular formula is C11H19N3O. The van der Waals surface area contributed by atoms with Crippen LogP contribution in [-0.4, -0.2) is 35.9 Å². The van der Waals surface area contributed by atoms with Gasteiger partial charge in [-0.05, 0) is 25.1 Å². The highest BCUT2D eigenvalue weighted by Crippen LogP contribution is 1.99. The quantitative estimate of drug-likeness (QED) is 0.726. The fourth-order valence-corrected chi connectivity index (χ4v) is 1.38.